The molecular formula is C21H21BrN2O4. The third-order valence-electron chi connectivity index (χ3n) is 4.31. The highest BCUT2D eigenvalue weighted by Gasteiger charge is 2.23. The summed E-state index contributed by atoms with van der Waals surface area (Å²) in [5.74, 6) is 4.36. The number of terminal acetylenes is 1. The third kappa shape index (κ3) is 4.90. The lowest BCUT2D eigenvalue weighted by Crippen LogP contribution is -2.39. The summed E-state index contributed by atoms with van der Waals surface area (Å²) in [7, 11) is 1.56. The summed E-state index contributed by atoms with van der Waals surface area (Å²) in [5, 5.41) is 5.88. The zero-order chi connectivity index (χ0) is 19.9. The topological polar surface area (TPSA) is 68.8 Å². The Morgan fingerprint density at radius 2 is 2.18 bits per heavy atom. The Kier molecular flexibility index (Phi) is 6.66. The van der Waals surface area contributed by atoms with E-state index in [-0.39, 0.29) is 18.7 Å². The molecule has 1 aliphatic heterocycles. The quantitative estimate of drug-likeness (QED) is 0.664. The van der Waals surface area contributed by atoms with Gasteiger partial charge >= 0.3 is 6.03 Å². The van der Waals surface area contributed by atoms with E-state index in [1.54, 1.807) is 19.2 Å². The Bertz CT molecular complexity index is 894. The number of nitrogens with one attached hydrogen (secondary N) is 2. The van der Waals surface area contributed by atoms with E-state index in [4.69, 9.17) is 20.6 Å². The summed E-state index contributed by atoms with van der Waals surface area (Å²) >= 11 is 3.46. The molecule has 0 saturated heterocycles. The van der Waals surface area contributed by atoms with Crippen LogP contribution in [0, 0.1) is 12.3 Å². The molecule has 0 fully saturated rings. The van der Waals surface area contributed by atoms with E-state index in [0.29, 0.717) is 31.1 Å². The molecular weight excluding hydrogens is 424 g/mol. The number of ether oxygens (including phenoxy) is 3. The molecule has 1 aliphatic rings. The molecule has 0 saturated carbocycles. The Hall–Kier alpha value is -2.85. The van der Waals surface area contributed by atoms with Gasteiger partial charge in [-0.2, -0.15) is 0 Å². The minimum atomic E-state index is -0.250. The molecule has 28 heavy (non-hydrogen) atoms. The van der Waals surface area contributed by atoms with Crippen LogP contribution in [-0.4, -0.2) is 26.4 Å². The number of hydrogen-bond donors (Lipinski definition) is 2. The predicted octanol–water partition coefficient (Wildman–Crippen LogP) is 3.79. The van der Waals surface area contributed by atoms with Crippen molar-refractivity contribution in [3.05, 3.63) is 52.0 Å². The summed E-state index contributed by atoms with van der Waals surface area (Å²) in [6.07, 6.45) is 5.96. The maximum atomic E-state index is 12.4. The van der Waals surface area contributed by atoms with Crippen molar-refractivity contribution in [3.63, 3.8) is 0 Å². The molecule has 2 amide bonds. The van der Waals surface area contributed by atoms with Crippen LogP contribution in [0.1, 0.15) is 23.6 Å². The number of amides is 2. The lowest BCUT2D eigenvalue weighted by molar-refractivity contribution is 0.223. The number of methoxy groups -OCH3 is 1. The molecule has 146 valence electrons. The van der Waals surface area contributed by atoms with Crippen LogP contribution in [0.25, 0.3) is 0 Å². The van der Waals surface area contributed by atoms with E-state index < -0.39 is 0 Å². The highest BCUT2D eigenvalue weighted by molar-refractivity contribution is 9.10. The maximum Gasteiger partial charge on any atom is 0.315 e. The first kappa shape index (κ1) is 19.9. The number of benzene rings is 2. The normalized spacial score (nSPS) is 14.8. The Morgan fingerprint density at radius 1 is 1.32 bits per heavy atom. The zero-order valence-corrected chi connectivity index (χ0v) is 17.0. The first-order valence-corrected chi connectivity index (χ1v) is 9.60. The van der Waals surface area contributed by atoms with Gasteiger partial charge in [0.25, 0.3) is 0 Å². The van der Waals surface area contributed by atoms with Gasteiger partial charge in [0, 0.05) is 23.0 Å². The minimum Gasteiger partial charge on any atom is -0.493 e. The SMILES string of the molecule is C#CCOc1cc(CNC(=O)NC2CCOc3ccc(Br)cc32)ccc1OC. The second-order valence-electron chi connectivity index (χ2n) is 6.18. The number of fused-ring (bicyclic) bond motifs is 1. The lowest BCUT2D eigenvalue weighted by Gasteiger charge is -2.27. The fourth-order valence-corrected chi connectivity index (χ4v) is 3.35. The van der Waals surface area contributed by atoms with Crippen LogP contribution in [0.15, 0.2) is 40.9 Å². The predicted molar refractivity (Wildman–Crippen MR) is 110 cm³/mol. The Labute approximate surface area is 172 Å². The Balaban J connectivity index is 1.61. The van der Waals surface area contributed by atoms with Crippen molar-refractivity contribution in [1.82, 2.24) is 10.6 Å². The van der Waals surface area contributed by atoms with Crippen molar-refractivity contribution < 1.29 is 19.0 Å². The fourth-order valence-electron chi connectivity index (χ4n) is 2.97. The number of urea groups is 1. The van der Waals surface area contributed by atoms with Gasteiger partial charge in [0.2, 0.25) is 0 Å². The van der Waals surface area contributed by atoms with Gasteiger partial charge in [-0.05, 0) is 35.9 Å². The van der Waals surface area contributed by atoms with Crippen LogP contribution in [0.2, 0.25) is 0 Å². The summed E-state index contributed by atoms with van der Waals surface area (Å²) in [6, 6.07) is 10.9. The molecule has 2 N–H and O–H groups in total. The molecule has 0 radical (unpaired) electrons. The van der Waals surface area contributed by atoms with Crippen LogP contribution >= 0.6 is 15.9 Å². The average molecular weight is 445 g/mol. The highest BCUT2D eigenvalue weighted by Crippen LogP contribution is 2.34. The minimum absolute atomic E-state index is 0.105. The molecule has 7 heteroatoms. The van der Waals surface area contributed by atoms with Crippen molar-refractivity contribution in [2.75, 3.05) is 20.3 Å². The molecule has 0 aromatic heterocycles. The largest absolute Gasteiger partial charge is 0.493 e. The third-order valence-corrected chi connectivity index (χ3v) is 4.80. The molecule has 1 atom stereocenters. The maximum absolute atomic E-state index is 12.4. The van der Waals surface area contributed by atoms with Gasteiger partial charge in [-0.15, -0.1) is 6.42 Å². The van der Waals surface area contributed by atoms with Gasteiger partial charge in [-0.25, -0.2) is 4.79 Å². The van der Waals surface area contributed by atoms with Gasteiger partial charge in [-0.3, -0.25) is 0 Å². The molecule has 3 rings (SSSR count). The van der Waals surface area contributed by atoms with E-state index in [9.17, 15) is 4.79 Å². The standard InChI is InChI=1S/C21H21BrN2O4/c1-3-9-27-20-11-14(4-6-19(20)26-2)13-23-21(25)24-17-8-10-28-18-7-5-15(22)12-16(17)18/h1,4-7,11-12,17H,8-10,13H2,2H3,(H2,23,24,25). The molecule has 2 aromatic carbocycles. The number of carbonyl (C=O) groups is 1. The lowest BCUT2D eigenvalue weighted by atomic mass is 10.0. The van der Waals surface area contributed by atoms with Crippen molar-refractivity contribution >= 4 is 22.0 Å². The van der Waals surface area contributed by atoms with Gasteiger partial charge in [0.1, 0.15) is 12.4 Å². The molecule has 0 aliphatic carbocycles. The van der Waals surface area contributed by atoms with Gasteiger partial charge in [0.05, 0.1) is 19.8 Å². The first-order chi connectivity index (χ1) is 13.6. The molecule has 0 bridgehead atoms. The summed E-state index contributed by atoms with van der Waals surface area (Å²) in [4.78, 5) is 12.4. The highest BCUT2D eigenvalue weighted by atomic mass is 79.9. The number of carbonyl (C=O) groups excluding carboxylic acids is 1. The van der Waals surface area contributed by atoms with Crippen LogP contribution < -0.4 is 24.8 Å². The van der Waals surface area contributed by atoms with Crippen LogP contribution in [-0.2, 0) is 6.54 Å². The van der Waals surface area contributed by atoms with Crippen molar-refractivity contribution in [2.24, 2.45) is 0 Å². The number of hydrogen-bond acceptors (Lipinski definition) is 4. The second-order valence-corrected chi connectivity index (χ2v) is 7.09. The Morgan fingerprint density at radius 3 is 2.96 bits per heavy atom. The second kappa shape index (κ2) is 9.38. The zero-order valence-electron chi connectivity index (χ0n) is 15.5. The summed E-state index contributed by atoms with van der Waals surface area (Å²) in [6.45, 7) is 1.05. The van der Waals surface area contributed by atoms with Crippen LogP contribution in [0.3, 0.4) is 0 Å². The van der Waals surface area contributed by atoms with Crippen LogP contribution in [0.5, 0.6) is 17.2 Å². The molecule has 2 aromatic rings. The van der Waals surface area contributed by atoms with E-state index in [2.05, 4.69) is 32.5 Å². The van der Waals surface area contributed by atoms with Crippen molar-refractivity contribution in [2.45, 2.75) is 19.0 Å². The number of halogens is 1. The molecule has 1 unspecified atom stereocenters. The van der Waals surface area contributed by atoms with Gasteiger partial charge in [0.15, 0.2) is 11.5 Å². The van der Waals surface area contributed by atoms with E-state index in [1.807, 2.05) is 24.3 Å². The van der Waals surface area contributed by atoms with E-state index in [0.717, 1.165) is 21.3 Å². The number of rotatable bonds is 6. The van der Waals surface area contributed by atoms with Gasteiger partial charge in [-0.1, -0.05) is 27.9 Å². The fraction of sp³-hybridized carbons (Fsp3) is 0.286. The van der Waals surface area contributed by atoms with Crippen LogP contribution in [0.4, 0.5) is 4.79 Å². The van der Waals surface area contributed by atoms with Gasteiger partial charge < -0.3 is 24.8 Å². The molecule has 6 nitrogen and oxygen atoms in total. The van der Waals surface area contributed by atoms with E-state index in [1.165, 1.54) is 0 Å². The molecule has 0 spiro atoms. The summed E-state index contributed by atoms with van der Waals surface area (Å²) < 4.78 is 17.3. The smallest absolute Gasteiger partial charge is 0.315 e. The first-order valence-electron chi connectivity index (χ1n) is 8.80. The van der Waals surface area contributed by atoms with Crippen molar-refractivity contribution in [1.29, 1.82) is 0 Å². The molecule has 1 heterocycles. The average Bonchev–Trinajstić information content (AvgIpc) is 2.71. The monoisotopic (exact) mass is 444 g/mol. The summed E-state index contributed by atoms with van der Waals surface area (Å²) in [5.41, 5.74) is 1.84. The van der Waals surface area contributed by atoms with E-state index >= 15 is 0 Å². The van der Waals surface area contributed by atoms with Crippen molar-refractivity contribution in [3.8, 4) is 29.6 Å².